The summed E-state index contributed by atoms with van der Waals surface area (Å²) in [4.78, 5) is 15.8. The molecule has 2 rings (SSSR count). The van der Waals surface area contributed by atoms with E-state index in [1.807, 2.05) is 0 Å². The topological polar surface area (TPSA) is 93.8 Å². The highest BCUT2D eigenvalue weighted by Crippen LogP contribution is 2.00. The predicted molar refractivity (Wildman–Crippen MR) is 65.3 cm³/mol. The third-order valence-corrected chi connectivity index (χ3v) is 2.35. The Morgan fingerprint density at radius 3 is 2.83 bits per heavy atom. The first kappa shape index (κ1) is 12.1. The Morgan fingerprint density at radius 1 is 1.33 bits per heavy atom. The molecular weight excluding hydrogens is 230 g/mol. The molecule has 6 nitrogen and oxygen atoms in total. The molecule has 0 aliphatic rings. The summed E-state index contributed by atoms with van der Waals surface area (Å²) >= 11 is 0. The van der Waals surface area contributed by atoms with Gasteiger partial charge in [0.05, 0.1) is 12.2 Å². The van der Waals surface area contributed by atoms with Crippen molar-refractivity contribution in [2.75, 3.05) is 0 Å². The Morgan fingerprint density at radius 2 is 2.22 bits per heavy atom. The van der Waals surface area contributed by atoms with E-state index in [2.05, 4.69) is 20.5 Å². The number of pyridine rings is 1. The van der Waals surface area contributed by atoms with E-state index in [1.165, 1.54) is 0 Å². The van der Waals surface area contributed by atoms with Crippen LogP contribution in [0.3, 0.4) is 0 Å². The Hall–Kier alpha value is -2.34. The molecule has 1 amide bonds. The van der Waals surface area contributed by atoms with E-state index in [0.717, 1.165) is 5.56 Å². The van der Waals surface area contributed by atoms with Crippen molar-refractivity contribution in [2.24, 2.45) is 5.73 Å². The van der Waals surface area contributed by atoms with Gasteiger partial charge in [0, 0.05) is 18.9 Å². The molecule has 92 valence electrons. The summed E-state index contributed by atoms with van der Waals surface area (Å²) < 4.78 is 0. The lowest BCUT2D eigenvalue weighted by molar-refractivity contribution is 0.0945. The second kappa shape index (κ2) is 5.83. The second-order valence-electron chi connectivity index (χ2n) is 3.65. The Kier molecular flexibility index (Phi) is 3.93. The predicted octanol–water partition coefficient (Wildman–Crippen LogP) is 0.260. The molecule has 3 N–H and O–H groups in total. The van der Waals surface area contributed by atoms with Gasteiger partial charge in [-0.25, -0.2) is 0 Å². The van der Waals surface area contributed by atoms with Crippen molar-refractivity contribution in [1.82, 2.24) is 20.5 Å². The zero-order valence-corrected chi connectivity index (χ0v) is 9.71. The minimum atomic E-state index is -0.246. The number of rotatable bonds is 4. The first-order valence-electron chi connectivity index (χ1n) is 5.49. The maximum Gasteiger partial charge on any atom is 0.270 e. The normalized spacial score (nSPS) is 10.1. The monoisotopic (exact) mass is 243 g/mol. The summed E-state index contributed by atoms with van der Waals surface area (Å²) in [6.07, 6.45) is 3.18. The molecule has 0 unspecified atom stereocenters. The molecule has 0 saturated carbocycles. The first-order valence-corrected chi connectivity index (χ1v) is 5.49. The smallest absolute Gasteiger partial charge is 0.270 e. The maximum atomic E-state index is 11.8. The number of aromatic nitrogens is 3. The highest BCUT2D eigenvalue weighted by molar-refractivity contribution is 5.92. The lowest BCUT2D eigenvalue weighted by Gasteiger charge is -2.04. The molecule has 2 aromatic rings. The zero-order chi connectivity index (χ0) is 12.8. The molecule has 0 fully saturated rings. The van der Waals surface area contributed by atoms with E-state index >= 15 is 0 Å². The second-order valence-corrected chi connectivity index (χ2v) is 3.65. The largest absolute Gasteiger partial charge is 0.345 e. The Balaban J connectivity index is 1.95. The number of nitrogens with one attached hydrogen (secondary N) is 1. The van der Waals surface area contributed by atoms with Gasteiger partial charge in [-0.1, -0.05) is 6.07 Å². The Bertz CT molecular complexity index is 512. The summed E-state index contributed by atoms with van der Waals surface area (Å²) in [5.41, 5.74) is 7.40. The summed E-state index contributed by atoms with van der Waals surface area (Å²) in [6.45, 7) is 0.738. The minimum Gasteiger partial charge on any atom is -0.345 e. The van der Waals surface area contributed by atoms with Crippen LogP contribution >= 0.6 is 0 Å². The van der Waals surface area contributed by atoms with E-state index in [0.29, 0.717) is 24.5 Å². The Labute approximate surface area is 104 Å². The van der Waals surface area contributed by atoms with Crippen LogP contribution in [0.1, 0.15) is 21.7 Å². The van der Waals surface area contributed by atoms with Crippen LogP contribution in [0, 0.1) is 0 Å². The van der Waals surface area contributed by atoms with Gasteiger partial charge in [-0.2, -0.15) is 10.2 Å². The number of hydrogen-bond donors (Lipinski definition) is 2. The number of carbonyl (C=O) groups excluding carboxylic acids is 1. The summed E-state index contributed by atoms with van der Waals surface area (Å²) in [5, 5.41) is 10.3. The van der Waals surface area contributed by atoms with E-state index in [4.69, 9.17) is 5.73 Å². The molecule has 2 heterocycles. The standard InChI is InChI=1S/C12H13N5O/c13-6-9-3-4-11(14-7-9)12(18)15-8-10-2-1-5-16-17-10/h1-5,7H,6,8,13H2,(H,15,18). The van der Waals surface area contributed by atoms with Crippen molar-refractivity contribution < 1.29 is 4.79 Å². The minimum absolute atomic E-state index is 0.246. The molecule has 0 aliphatic carbocycles. The van der Waals surface area contributed by atoms with Gasteiger partial charge in [0.2, 0.25) is 0 Å². The molecule has 0 aromatic carbocycles. The van der Waals surface area contributed by atoms with Crippen LogP contribution in [0.2, 0.25) is 0 Å². The fourth-order valence-electron chi connectivity index (χ4n) is 1.37. The molecule has 0 bridgehead atoms. The quantitative estimate of drug-likeness (QED) is 0.803. The van der Waals surface area contributed by atoms with Crippen molar-refractivity contribution in [1.29, 1.82) is 0 Å². The van der Waals surface area contributed by atoms with Crippen molar-refractivity contribution in [3.8, 4) is 0 Å². The summed E-state index contributed by atoms with van der Waals surface area (Å²) in [7, 11) is 0. The molecule has 18 heavy (non-hydrogen) atoms. The highest BCUT2D eigenvalue weighted by atomic mass is 16.1. The van der Waals surface area contributed by atoms with Gasteiger partial charge < -0.3 is 11.1 Å². The van der Waals surface area contributed by atoms with Crippen LogP contribution in [0.4, 0.5) is 0 Å². The summed E-state index contributed by atoms with van der Waals surface area (Å²) in [6, 6.07) is 6.99. The molecule has 2 aromatic heterocycles. The summed E-state index contributed by atoms with van der Waals surface area (Å²) in [5.74, 6) is -0.246. The number of amides is 1. The molecule has 0 aliphatic heterocycles. The fourth-order valence-corrected chi connectivity index (χ4v) is 1.37. The number of carbonyl (C=O) groups is 1. The van der Waals surface area contributed by atoms with Crippen LogP contribution in [0.15, 0.2) is 36.7 Å². The molecule has 0 saturated heterocycles. The third kappa shape index (κ3) is 3.08. The van der Waals surface area contributed by atoms with Gasteiger partial charge in [0.25, 0.3) is 5.91 Å². The van der Waals surface area contributed by atoms with E-state index in [-0.39, 0.29) is 5.91 Å². The van der Waals surface area contributed by atoms with Crippen LogP contribution in [0.25, 0.3) is 0 Å². The van der Waals surface area contributed by atoms with Crippen molar-refractivity contribution in [3.63, 3.8) is 0 Å². The van der Waals surface area contributed by atoms with E-state index in [9.17, 15) is 4.79 Å². The van der Waals surface area contributed by atoms with E-state index < -0.39 is 0 Å². The number of nitrogens with two attached hydrogens (primary N) is 1. The molecule has 0 radical (unpaired) electrons. The van der Waals surface area contributed by atoms with Gasteiger partial charge in [-0.15, -0.1) is 0 Å². The SMILES string of the molecule is NCc1ccc(C(=O)NCc2cccnn2)nc1. The highest BCUT2D eigenvalue weighted by Gasteiger charge is 2.06. The van der Waals surface area contributed by atoms with Crippen molar-refractivity contribution in [2.45, 2.75) is 13.1 Å². The maximum absolute atomic E-state index is 11.8. The average Bonchev–Trinajstić information content (AvgIpc) is 2.46. The zero-order valence-electron chi connectivity index (χ0n) is 9.71. The van der Waals surface area contributed by atoms with E-state index in [1.54, 1.807) is 36.7 Å². The van der Waals surface area contributed by atoms with Crippen LogP contribution in [-0.4, -0.2) is 21.1 Å². The van der Waals surface area contributed by atoms with Crippen molar-refractivity contribution in [3.05, 3.63) is 53.6 Å². The lowest BCUT2D eigenvalue weighted by atomic mass is 10.2. The van der Waals surface area contributed by atoms with Crippen LogP contribution in [-0.2, 0) is 13.1 Å². The van der Waals surface area contributed by atoms with Gasteiger partial charge in [0.15, 0.2) is 0 Å². The van der Waals surface area contributed by atoms with Gasteiger partial charge >= 0.3 is 0 Å². The fraction of sp³-hybridized carbons (Fsp3) is 0.167. The van der Waals surface area contributed by atoms with Crippen LogP contribution < -0.4 is 11.1 Å². The van der Waals surface area contributed by atoms with Crippen molar-refractivity contribution >= 4 is 5.91 Å². The first-order chi connectivity index (χ1) is 8.79. The lowest BCUT2D eigenvalue weighted by Crippen LogP contribution is -2.24. The van der Waals surface area contributed by atoms with Crippen LogP contribution in [0.5, 0.6) is 0 Å². The molecule has 0 atom stereocenters. The average molecular weight is 243 g/mol. The third-order valence-electron chi connectivity index (χ3n) is 2.35. The van der Waals surface area contributed by atoms with Gasteiger partial charge in [0.1, 0.15) is 5.69 Å². The molecule has 6 heteroatoms. The number of nitrogens with zero attached hydrogens (tertiary/aromatic N) is 3. The van der Waals surface area contributed by atoms with Gasteiger partial charge in [-0.05, 0) is 23.8 Å². The molecule has 0 spiro atoms. The van der Waals surface area contributed by atoms with Gasteiger partial charge in [-0.3, -0.25) is 9.78 Å². The molecular formula is C12H13N5O. The number of hydrogen-bond acceptors (Lipinski definition) is 5.